The van der Waals surface area contributed by atoms with Crippen molar-refractivity contribution >= 4 is 11.0 Å². The molecule has 0 fully saturated rings. The minimum atomic E-state index is -0.365. The second-order valence-electron chi connectivity index (χ2n) is 7.73. The van der Waals surface area contributed by atoms with Gasteiger partial charge in [0.1, 0.15) is 18.7 Å². The molecule has 0 bridgehead atoms. The predicted molar refractivity (Wildman–Crippen MR) is 109 cm³/mol. The Bertz CT molecular complexity index is 1060. The Morgan fingerprint density at radius 2 is 1.89 bits per heavy atom. The summed E-state index contributed by atoms with van der Waals surface area (Å²) in [5.74, 6) is 0.261. The molecule has 0 aliphatic heterocycles. The molecule has 0 aliphatic rings. The van der Waals surface area contributed by atoms with Gasteiger partial charge in [0.25, 0.3) is 0 Å². The third-order valence-corrected chi connectivity index (χ3v) is 5.05. The third-order valence-electron chi connectivity index (χ3n) is 5.05. The smallest absolute Gasteiger partial charge is 0.336 e. The first-order chi connectivity index (χ1) is 13.3. The van der Waals surface area contributed by atoms with Crippen molar-refractivity contribution < 1.29 is 18.4 Å². The number of rotatable bonds is 6. The third kappa shape index (κ3) is 4.25. The highest BCUT2D eigenvalue weighted by Gasteiger charge is 2.15. The number of halogens is 1. The predicted octanol–water partition coefficient (Wildman–Crippen LogP) is 3.59. The number of hydrogen-bond donors (Lipinski definition) is 1. The van der Waals surface area contributed by atoms with Crippen LogP contribution in [0, 0.1) is 12.7 Å². The molecule has 0 saturated carbocycles. The Labute approximate surface area is 164 Å². The summed E-state index contributed by atoms with van der Waals surface area (Å²) in [6.45, 7) is 7.62. The molecule has 3 rings (SSSR count). The van der Waals surface area contributed by atoms with Crippen molar-refractivity contribution in [2.75, 3.05) is 14.2 Å². The Kier molecular flexibility index (Phi) is 5.84. The van der Waals surface area contributed by atoms with E-state index >= 15 is 0 Å². The lowest BCUT2D eigenvalue weighted by Gasteiger charge is -2.17. The van der Waals surface area contributed by atoms with Gasteiger partial charge in [-0.05, 0) is 54.3 Å². The van der Waals surface area contributed by atoms with Crippen LogP contribution in [-0.2, 0) is 13.1 Å². The summed E-state index contributed by atoms with van der Waals surface area (Å²) in [6, 6.07) is 10.7. The molecular formula is C23H27FNO3+. The monoisotopic (exact) mass is 384 g/mol. The fourth-order valence-corrected chi connectivity index (χ4v) is 3.72. The summed E-state index contributed by atoms with van der Waals surface area (Å²) in [4.78, 5) is 13.2. The van der Waals surface area contributed by atoms with Crippen molar-refractivity contribution in [1.29, 1.82) is 0 Å². The highest BCUT2D eigenvalue weighted by molar-refractivity contribution is 5.82. The number of aryl methyl sites for hydroxylation is 1. The molecule has 1 aromatic heterocycles. The van der Waals surface area contributed by atoms with Crippen LogP contribution in [0.3, 0.4) is 0 Å². The molecule has 0 spiro atoms. The molecule has 2 aromatic carbocycles. The molecule has 3 aromatic rings. The van der Waals surface area contributed by atoms with Gasteiger partial charge in [0, 0.05) is 22.6 Å². The average molecular weight is 384 g/mol. The van der Waals surface area contributed by atoms with Crippen LogP contribution in [-0.4, -0.2) is 14.2 Å². The van der Waals surface area contributed by atoms with Gasteiger partial charge in [0.15, 0.2) is 11.6 Å². The lowest BCUT2D eigenvalue weighted by molar-refractivity contribution is -0.907. The van der Waals surface area contributed by atoms with E-state index in [1.807, 2.05) is 26.1 Å². The zero-order chi connectivity index (χ0) is 20.4. The van der Waals surface area contributed by atoms with Crippen LogP contribution in [0.2, 0.25) is 0 Å². The van der Waals surface area contributed by atoms with Crippen molar-refractivity contribution in [1.82, 2.24) is 0 Å². The van der Waals surface area contributed by atoms with Crippen molar-refractivity contribution in [3.63, 3.8) is 0 Å². The van der Waals surface area contributed by atoms with E-state index in [1.54, 1.807) is 12.1 Å². The summed E-state index contributed by atoms with van der Waals surface area (Å²) >= 11 is 0. The first-order valence-corrected chi connectivity index (χ1v) is 9.49. The van der Waals surface area contributed by atoms with Gasteiger partial charge >= 0.3 is 5.63 Å². The van der Waals surface area contributed by atoms with E-state index in [1.165, 1.54) is 18.7 Å². The van der Waals surface area contributed by atoms with Gasteiger partial charge in [-0.3, -0.25) is 0 Å². The lowest BCUT2D eigenvalue weighted by Crippen LogP contribution is -3.06. The largest absolute Gasteiger partial charge is 0.494 e. The summed E-state index contributed by atoms with van der Waals surface area (Å²) < 4.78 is 24.4. The highest BCUT2D eigenvalue weighted by Crippen LogP contribution is 2.26. The van der Waals surface area contributed by atoms with Crippen molar-refractivity contribution in [3.05, 3.63) is 74.9 Å². The first-order valence-electron chi connectivity index (χ1n) is 9.49. The number of fused-ring (bicyclic) bond motifs is 1. The van der Waals surface area contributed by atoms with E-state index in [0.717, 1.165) is 27.0 Å². The molecule has 28 heavy (non-hydrogen) atoms. The second kappa shape index (κ2) is 8.15. The molecule has 148 valence electrons. The van der Waals surface area contributed by atoms with Crippen LogP contribution in [0.5, 0.6) is 5.75 Å². The summed E-state index contributed by atoms with van der Waals surface area (Å²) in [6.07, 6.45) is 0. The van der Waals surface area contributed by atoms with Gasteiger partial charge in [-0.2, -0.15) is 0 Å². The lowest BCUT2D eigenvalue weighted by atomic mass is 9.95. The summed E-state index contributed by atoms with van der Waals surface area (Å²) in [5.41, 5.74) is 4.46. The quantitative estimate of drug-likeness (QED) is 0.661. The maximum Gasteiger partial charge on any atom is 0.336 e. The fraction of sp³-hybridized carbons (Fsp3) is 0.348. The number of benzene rings is 2. The normalized spacial score (nSPS) is 12.5. The Hall–Kier alpha value is -2.66. The van der Waals surface area contributed by atoms with Crippen LogP contribution in [0.4, 0.5) is 4.39 Å². The topological polar surface area (TPSA) is 43.9 Å². The van der Waals surface area contributed by atoms with Crippen molar-refractivity contribution in [2.45, 2.75) is 39.8 Å². The molecule has 0 amide bonds. The van der Waals surface area contributed by atoms with Crippen molar-refractivity contribution in [2.24, 2.45) is 0 Å². The van der Waals surface area contributed by atoms with Crippen LogP contribution in [0.15, 0.2) is 45.6 Å². The number of nitrogens with one attached hydrogen (secondary N) is 1. The number of ether oxygens (including phenoxy) is 1. The van der Waals surface area contributed by atoms with Crippen LogP contribution in [0.25, 0.3) is 11.0 Å². The first kappa shape index (κ1) is 20.1. The standard InChI is InChI=1S/C23H26FNO3/c1-14(2)18-11-19-17(10-23(26)28-22(19)8-15(18)3)13-25(4)12-16-6-7-21(27-5)20(24)9-16/h6-11,14H,12-13H2,1-5H3/p+1. The second-order valence-corrected chi connectivity index (χ2v) is 7.73. The number of hydrogen-bond acceptors (Lipinski definition) is 3. The van der Waals surface area contributed by atoms with Crippen LogP contribution >= 0.6 is 0 Å². The molecule has 0 saturated heterocycles. The van der Waals surface area contributed by atoms with Crippen LogP contribution in [0.1, 0.15) is 42.0 Å². The van der Waals surface area contributed by atoms with E-state index in [2.05, 4.69) is 19.9 Å². The van der Waals surface area contributed by atoms with E-state index in [0.29, 0.717) is 24.6 Å². The Balaban J connectivity index is 1.91. The van der Waals surface area contributed by atoms with E-state index in [4.69, 9.17) is 9.15 Å². The van der Waals surface area contributed by atoms with Gasteiger partial charge in [-0.1, -0.05) is 13.8 Å². The van der Waals surface area contributed by atoms with Crippen LogP contribution < -0.4 is 15.3 Å². The molecule has 1 heterocycles. The SMILES string of the molecule is COc1ccc(C[NH+](C)Cc2cc(=O)oc3cc(C)c(C(C)C)cc23)cc1F. The van der Waals surface area contributed by atoms with E-state index in [-0.39, 0.29) is 17.2 Å². The van der Waals surface area contributed by atoms with Gasteiger partial charge < -0.3 is 14.1 Å². The number of quaternary nitrogens is 1. The molecule has 5 heteroatoms. The molecule has 1 unspecified atom stereocenters. The Morgan fingerprint density at radius 1 is 1.14 bits per heavy atom. The molecule has 4 nitrogen and oxygen atoms in total. The zero-order valence-corrected chi connectivity index (χ0v) is 17.1. The Morgan fingerprint density at radius 3 is 2.54 bits per heavy atom. The minimum Gasteiger partial charge on any atom is -0.494 e. The van der Waals surface area contributed by atoms with E-state index in [9.17, 15) is 9.18 Å². The van der Waals surface area contributed by atoms with E-state index < -0.39 is 0 Å². The minimum absolute atomic E-state index is 0.240. The highest BCUT2D eigenvalue weighted by atomic mass is 19.1. The van der Waals surface area contributed by atoms with Gasteiger partial charge in [-0.25, -0.2) is 9.18 Å². The summed E-state index contributed by atoms with van der Waals surface area (Å²) in [5, 5.41) is 0.967. The molecule has 0 radical (unpaired) electrons. The maximum absolute atomic E-state index is 14.0. The van der Waals surface area contributed by atoms with Crippen molar-refractivity contribution in [3.8, 4) is 5.75 Å². The molecule has 1 atom stereocenters. The van der Waals surface area contributed by atoms with Gasteiger partial charge in [-0.15, -0.1) is 0 Å². The maximum atomic E-state index is 14.0. The molecule has 0 aliphatic carbocycles. The molecular weight excluding hydrogens is 357 g/mol. The number of methoxy groups -OCH3 is 1. The average Bonchev–Trinajstić information content (AvgIpc) is 2.60. The van der Waals surface area contributed by atoms with Gasteiger partial charge in [0.05, 0.1) is 14.2 Å². The fourth-order valence-electron chi connectivity index (χ4n) is 3.72. The molecule has 1 N–H and O–H groups in total. The summed E-state index contributed by atoms with van der Waals surface area (Å²) in [7, 11) is 3.48. The van der Waals surface area contributed by atoms with Gasteiger partial charge in [0.2, 0.25) is 0 Å². The zero-order valence-electron chi connectivity index (χ0n) is 17.1.